The molecule has 0 spiro atoms. The maximum atomic E-state index is 5.41. The predicted molar refractivity (Wildman–Crippen MR) is 60.5 cm³/mol. The third kappa shape index (κ3) is 1.78. The molecule has 0 amide bonds. The van der Waals surface area contributed by atoms with Gasteiger partial charge in [0.1, 0.15) is 5.75 Å². The van der Waals surface area contributed by atoms with Crippen LogP contribution in [0.3, 0.4) is 0 Å². The number of benzene rings is 1. The Bertz CT molecular complexity index is 518. The van der Waals surface area contributed by atoms with Crippen LogP contribution in [0.5, 0.6) is 5.75 Å². The molecule has 0 unspecified atom stereocenters. The zero-order valence-corrected chi connectivity index (χ0v) is 9.87. The van der Waals surface area contributed by atoms with Gasteiger partial charge in [0, 0.05) is 12.5 Å². The van der Waals surface area contributed by atoms with Crippen molar-refractivity contribution in [1.82, 2.24) is 10.2 Å². The van der Waals surface area contributed by atoms with E-state index in [2.05, 4.69) is 10.2 Å². The van der Waals surface area contributed by atoms with Crippen molar-refractivity contribution in [3.05, 3.63) is 29.2 Å². The Morgan fingerprint density at radius 1 is 1.06 bits per heavy atom. The van der Waals surface area contributed by atoms with Gasteiger partial charge in [-0.15, -0.1) is 10.2 Å². The first-order valence-electron chi connectivity index (χ1n) is 5.07. The molecule has 1 aromatic carbocycles. The van der Waals surface area contributed by atoms with E-state index in [0.29, 0.717) is 11.8 Å². The fourth-order valence-electron chi connectivity index (χ4n) is 1.69. The maximum Gasteiger partial charge on any atom is 0.248 e. The molecule has 0 aliphatic rings. The minimum Gasteiger partial charge on any atom is -0.496 e. The molecule has 0 N–H and O–H groups in total. The summed E-state index contributed by atoms with van der Waals surface area (Å²) >= 11 is 0. The standard InChI is InChI=1S/C12H14N2O2/c1-7-5-8(2)11(15-4)6-10(7)12-14-13-9(3)16-12/h5-6H,1-4H3. The molecular formula is C12H14N2O2. The van der Waals surface area contributed by atoms with Crippen molar-refractivity contribution in [2.75, 3.05) is 7.11 Å². The normalized spacial score (nSPS) is 10.5. The van der Waals surface area contributed by atoms with Gasteiger partial charge in [0.05, 0.1) is 7.11 Å². The van der Waals surface area contributed by atoms with E-state index < -0.39 is 0 Å². The van der Waals surface area contributed by atoms with Crippen LogP contribution in [0.4, 0.5) is 0 Å². The molecule has 0 fully saturated rings. The Morgan fingerprint density at radius 3 is 2.38 bits per heavy atom. The van der Waals surface area contributed by atoms with Crippen LogP contribution in [0.15, 0.2) is 16.5 Å². The van der Waals surface area contributed by atoms with Gasteiger partial charge >= 0.3 is 0 Å². The van der Waals surface area contributed by atoms with Crippen LogP contribution in [0.1, 0.15) is 17.0 Å². The lowest BCUT2D eigenvalue weighted by Gasteiger charge is -2.08. The van der Waals surface area contributed by atoms with Crippen molar-refractivity contribution in [3.63, 3.8) is 0 Å². The number of ether oxygens (including phenoxy) is 1. The summed E-state index contributed by atoms with van der Waals surface area (Å²) < 4.78 is 10.7. The lowest BCUT2D eigenvalue weighted by molar-refractivity contribution is 0.411. The average Bonchev–Trinajstić information content (AvgIpc) is 2.65. The second-order valence-electron chi connectivity index (χ2n) is 3.76. The van der Waals surface area contributed by atoms with Gasteiger partial charge in [-0.2, -0.15) is 0 Å². The van der Waals surface area contributed by atoms with Crippen LogP contribution in [0.25, 0.3) is 11.5 Å². The first kappa shape index (κ1) is 10.7. The van der Waals surface area contributed by atoms with Gasteiger partial charge in [0.25, 0.3) is 0 Å². The average molecular weight is 218 g/mol. The van der Waals surface area contributed by atoms with Gasteiger partial charge in [-0.1, -0.05) is 6.07 Å². The summed E-state index contributed by atoms with van der Waals surface area (Å²) in [4.78, 5) is 0. The molecule has 0 aliphatic carbocycles. The molecule has 2 aromatic rings. The molecular weight excluding hydrogens is 204 g/mol. The first-order valence-corrected chi connectivity index (χ1v) is 5.07. The fraction of sp³-hybridized carbons (Fsp3) is 0.333. The highest BCUT2D eigenvalue weighted by atomic mass is 16.5. The van der Waals surface area contributed by atoms with Crippen molar-refractivity contribution in [2.24, 2.45) is 0 Å². The Balaban J connectivity index is 2.56. The molecule has 16 heavy (non-hydrogen) atoms. The molecule has 4 nitrogen and oxygen atoms in total. The summed E-state index contributed by atoms with van der Waals surface area (Å²) in [5.41, 5.74) is 3.12. The van der Waals surface area contributed by atoms with E-state index in [4.69, 9.17) is 9.15 Å². The number of rotatable bonds is 2. The number of nitrogens with zero attached hydrogens (tertiary/aromatic N) is 2. The molecule has 0 saturated heterocycles. The zero-order valence-electron chi connectivity index (χ0n) is 9.87. The van der Waals surface area contributed by atoms with Gasteiger partial charge in [-0.25, -0.2) is 0 Å². The smallest absolute Gasteiger partial charge is 0.248 e. The van der Waals surface area contributed by atoms with E-state index in [9.17, 15) is 0 Å². The van der Waals surface area contributed by atoms with E-state index in [1.54, 1.807) is 14.0 Å². The van der Waals surface area contributed by atoms with Crippen molar-refractivity contribution >= 4 is 0 Å². The first-order chi connectivity index (χ1) is 7.61. The van der Waals surface area contributed by atoms with Gasteiger partial charge in [-0.3, -0.25) is 0 Å². The van der Waals surface area contributed by atoms with Gasteiger partial charge in [0.15, 0.2) is 0 Å². The van der Waals surface area contributed by atoms with E-state index >= 15 is 0 Å². The van der Waals surface area contributed by atoms with Crippen LogP contribution >= 0.6 is 0 Å². The lowest BCUT2D eigenvalue weighted by atomic mass is 10.0. The Hall–Kier alpha value is -1.84. The van der Waals surface area contributed by atoms with E-state index in [1.165, 1.54) is 0 Å². The summed E-state index contributed by atoms with van der Waals surface area (Å²) in [7, 11) is 1.65. The van der Waals surface area contributed by atoms with Crippen LogP contribution in [-0.2, 0) is 0 Å². The number of hydrogen-bond donors (Lipinski definition) is 0. The van der Waals surface area contributed by atoms with Gasteiger partial charge in [0.2, 0.25) is 11.8 Å². The maximum absolute atomic E-state index is 5.41. The Morgan fingerprint density at radius 2 is 1.81 bits per heavy atom. The van der Waals surface area contributed by atoms with Crippen molar-refractivity contribution in [2.45, 2.75) is 20.8 Å². The quantitative estimate of drug-likeness (QED) is 0.777. The van der Waals surface area contributed by atoms with Gasteiger partial charge in [-0.05, 0) is 31.0 Å². The molecule has 2 rings (SSSR count). The highest BCUT2D eigenvalue weighted by Crippen LogP contribution is 2.29. The molecule has 0 atom stereocenters. The number of hydrogen-bond acceptors (Lipinski definition) is 4. The third-order valence-electron chi connectivity index (χ3n) is 2.50. The molecule has 0 bridgehead atoms. The van der Waals surface area contributed by atoms with Crippen LogP contribution in [0.2, 0.25) is 0 Å². The van der Waals surface area contributed by atoms with Crippen LogP contribution < -0.4 is 4.74 Å². The second kappa shape index (κ2) is 3.96. The molecule has 0 radical (unpaired) electrons. The molecule has 84 valence electrons. The number of aryl methyl sites for hydroxylation is 3. The summed E-state index contributed by atoms with van der Waals surface area (Å²) in [5.74, 6) is 1.93. The monoisotopic (exact) mass is 218 g/mol. The van der Waals surface area contributed by atoms with Crippen LogP contribution in [0, 0.1) is 20.8 Å². The minimum atomic E-state index is 0.535. The zero-order chi connectivity index (χ0) is 11.7. The largest absolute Gasteiger partial charge is 0.496 e. The van der Waals surface area contributed by atoms with Gasteiger partial charge < -0.3 is 9.15 Å². The Labute approximate surface area is 94.3 Å². The highest BCUT2D eigenvalue weighted by molar-refractivity contribution is 5.62. The topological polar surface area (TPSA) is 48.2 Å². The summed E-state index contributed by atoms with van der Waals surface area (Å²) in [6.45, 7) is 5.80. The fourth-order valence-corrected chi connectivity index (χ4v) is 1.69. The summed E-state index contributed by atoms with van der Waals surface area (Å²) in [6, 6.07) is 3.98. The highest BCUT2D eigenvalue weighted by Gasteiger charge is 2.12. The SMILES string of the molecule is COc1cc(-c2nnc(C)o2)c(C)cc1C. The van der Waals surface area contributed by atoms with Crippen molar-refractivity contribution in [3.8, 4) is 17.2 Å². The molecule has 0 aliphatic heterocycles. The van der Waals surface area contributed by atoms with Crippen molar-refractivity contribution in [1.29, 1.82) is 0 Å². The summed E-state index contributed by atoms with van der Waals surface area (Å²) in [6.07, 6.45) is 0. The summed E-state index contributed by atoms with van der Waals surface area (Å²) in [5, 5.41) is 7.83. The molecule has 1 heterocycles. The molecule has 4 heteroatoms. The molecule has 0 saturated carbocycles. The Kier molecular flexibility index (Phi) is 2.64. The van der Waals surface area contributed by atoms with Crippen molar-refractivity contribution < 1.29 is 9.15 Å². The number of aromatic nitrogens is 2. The lowest BCUT2D eigenvalue weighted by Crippen LogP contribution is -1.91. The second-order valence-corrected chi connectivity index (χ2v) is 3.76. The van der Waals surface area contributed by atoms with E-state index in [-0.39, 0.29) is 0 Å². The number of methoxy groups -OCH3 is 1. The minimum absolute atomic E-state index is 0.535. The molecule has 1 aromatic heterocycles. The van der Waals surface area contributed by atoms with Crippen LogP contribution in [-0.4, -0.2) is 17.3 Å². The predicted octanol–water partition coefficient (Wildman–Crippen LogP) is 2.67. The van der Waals surface area contributed by atoms with E-state index in [0.717, 1.165) is 22.4 Å². The third-order valence-corrected chi connectivity index (χ3v) is 2.50. The van der Waals surface area contributed by atoms with E-state index in [1.807, 2.05) is 26.0 Å².